The molecule has 1 saturated heterocycles. The number of benzene rings is 1. The molecule has 0 saturated carbocycles. The van der Waals surface area contributed by atoms with E-state index in [-0.39, 0.29) is 17.9 Å². The Morgan fingerprint density at radius 2 is 2.11 bits per heavy atom. The van der Waals surface area contributed by atoms with Crippen LogP contribution in [0, 0.1) is 5.41 Å². The van der Waals surface area contributed by atoms with Gasteiger partial charge in [-0.2, -0.15) is 0 Å². The minimum absolute atomic E-state index is 0.0449. The van der Waals surface area contributed by atoms with Gasteiger partial charge in [0.1, 0.15) is 0 Å². The molecule has 2 aliphatic rings. The number of carbonyl (C=O) groups excluding carboxylic acids is 1. The molecule has 0 aromatic heterocycles. The Morgan fingerprint density at radius 3 is 2.68 bits per heavy atom. The highest BCUT2D eigenvalue weighted by Gasteiger charge is 2.40. The quantitative estimate of drug-likeness (QED) is 0.866. The van der Waals surface area contributed by atoms with Crippen LogP contribution in [0.4, 0.5) is 5.69 Å². The van der Waals surface area contributed by atoms with Gasteiger partial charge in [0, 0.05) is 11.1 Å². The maximum absolute atomic E-state index is 11.9. The van der Waals surface area contributed by atoms with Gasteiger partial charge in [-0.15, -0.1) is 0 Å². The summed E-state index contributed by atoms with van der Waals surface area (Å²) in [6, 6.07) is 6.07. The fourth-order valence-corrected chi connectivity index (χ4v) is 2.80. The summed E-state index contributed by atoms with van der Waals surface area (Å²) in [4.78, 5) is 11.9. The number of anilines is 1. The molecule has 102 valence electrons. The van der Waals surface area contributed by atoms with Crippen molar-refractivity contribution in [1.82, 2.24) is 0 Å². The van der Waals surface area contributed by atoms with Crippen LogP contribution < -0.4 is 5.32 Å². The molecule has 2 N–H and O–H groups in total. The summed E-state index contributed by atoms with van der Waals surface area (Å²) in [7, 11) is 0. The molecule has 1 aromatic carbocycles. The van der Waals surface area contributed by atoms with E-state index in [0.29, 0.717) is 13.2 Å². The van der Waals surface area contributed by atoms with Crippen molar-refractivity contribution in [2.45, 2.75) is 25.7 Å². The van der Waals surface area contributed by atoms with Crippen LogP contribution in [-0.2, 0) is 21.4 Å². The first-order valence-electron chi connectivity index (χ1n) is 6.60. The average Bonchev–Trinajstić information content (AvgIpc) is 2.56. The number of rotatable bonds is 3. The number of amides is 1. The summed E-state index contributed by atoms with van der Waals surface area (Å²) in [5.74, 6) is 0.0449. The maximum atomic E-state index is 11.9. The molecule has 3 rings (SSSR count). The molecule has 4 heteroatoms. The van der Waals surface area contributed by atoms with Gasteiger partial charge in [-0.3, -0.25) is 4.79 Å². The van der Waals surface area contributed by atoms with E-state index in [1.165, 1.54) is 0 Å². The van der Waals surface area contributed by atoms with Gasteiger partial charge in [0.05, 0.1) is 25.2 Å². The van der Waals surface area contributed by atoms with Gasteiger partial charge < -0.3 is 15.2 Å². The molecule has 2 heterocycles. The molecular weight excluding hydrogens is 242 g/mol. The lowest BCUT2D eigenvalue weighted by Crippen LogP contribution is -2.47. The van der Waals surface area contributed by atoms with E-state index >= 15 is 0 Å². The van der Waals surface area contributed by atoms with E-state index in [4.69, 9.17) is 4.74 Å². The van der Waals surface area contributed by atoms with E-state index in [0.717, 1.165) is 23.2 Å². The van der Waals surface area contributed by atoms with Gasteiger partial charge in [0.15, 0.2) is 0 Å². The second-order valence-corrected chi connectivity index (χ2v) is 6.29. The minimum Gasteiger partial charge on any atom is -0.396 e. The lowest BCUT2D eigenvalue weighted by Gasteiger charge is -2.40. The largest absolute Gasteiger partial charge is 0.396 e. The Balaban J connectivity index is 1.90. The number of carbonyl (C=O) groups is 1. The van der Waals surface area contributed by atoms with Crippen LogP contribution in [0.3, 0.4) is 0 Å². The van der Waals surface area contributed by atoms with E-state index in [9.17, 15) is 9.90 Å². The highest BCUT2D eigenvalue weighted by atomic mass is 16.5. The highest BCUT2D eigenvalue weighted by Crippen LogP contribution is 2.39. The molecule has 1 aromatic rings. The smallest absolute Gasteiger partial charge is 0.234 e. The molecular formula is C15H19NO3. The first-order chi connectivity index (χ1) is 8.97. The van der Waals surface area contributed by atoms with Gasteiger partial charge in [0.25, 0.3) is 0 Å². The lowest BCUT2D eigenvalue weighted by molar-refractivity contribution is -0.136. The van der Waals surface area contributed by atoms with Crippen LogP contribution in [0.5, 0.6) is 0 Å². The van der Waals surface area contributed by atoms with Crippen molar-refractivity contribution in [1.29, 1.82) is 0 Å². The van der Waals surface area contributed by atoms with E-state index in [1.807, 2.05) is 26.0 Å². The minimum atomic E-state index is -0.478. The van der Waals surface area contributed by atoms with E-state index in [1.54, 1.807) is 0 Å². The molecule has 1 fully saturated rings. The zero-order valence-electron chi connectivity index (χ0n) is 11.3. The van der Waals surface area contributed by atoms with Crippen molar-refractivity contribution in [2.75, 3.05) is 25.1 Å². The molecule has 0 radical (unpaired) electrons. The zero-order valence-corrected chi connectivity index (χ0v) is 11.3. The van der Waals surface area contributed by atoms with Gasteiger partial charge in [0.2, 0.25) is 5.91 Å². The topological polar surface area (TPSA) is 58.6 Å². The third-order valence-corrected chi connectivity index (χ3v) is 4.30. The standard InChI is InChI=1S/C15H19NO3/c1-14(2)11-5-10(3-4-12(11)16-13(14)18)6-15(7-17)8-19-9-15/h3-5,17H,6-9H2,1-2H3,(H,16,18). The third-order valence-electron chi connectivity index (χ3n) is 4.30. The first-order valence-corrected chi connectivity index (χ1v) is 6.60. The summed E-state index contributed by atoms with van der Waals surface area (Å²) < 4.78 is 5.23. The van der Waals surface area contributed by atoms with Crippen LogP contribution in [-0.4, -0.2) is 30.8 Å². The summed E-state index contributed by atoms with van der Waals surface area (Å²) in [6.45, 7) is 5.24. The molecule has 4 nitrogen and oxygen atoms in total. The molecule has 2 aliphatic heterocycles. The van der Waals surface area contributed by atoms with Crippen LogP contribution >= 0.6 is 0 Å². The van der Waals surface area contributed by atoms with Gasteiger partial charge in [-0.05, 0) is 37.5 Å². The Labute approximate surface area is 112 Å². The average molecular weight is 261 g/mol. The number of aliphatic hydroxyl groups excluding tert-OH is 1. The van der Waals surface area contributed by atoms with Gasteiger partial charge in [-0.25, -0.2) is 0 Å². The highest BCUT2D eigenvalue weighted by molar-refractivity contribution is 6.05. The molecule has 0 spiro atoms. The molecule has 1 amide bonds. The number of nitrogens with one attached hydrogen (secondary N) is 1. The van der Waals surface area contributed by atoms with Crippen LogP contribution in [0.25, 0.3) is 0 Å². The summed E-state index contributed by atoms with van der Waals surface area (Å²) in [6.07, 6.45) is 0.793. The third kappa shape index (κ3) is 1.86. The number of aliphatic hydroxyl groups is 1. The second-order valence-electron chi connectivity index (χ2n) is 6.29. The van der Waals surface area contributed by atoms with Crippen molar-refractivity contribution in [3.8, 4) is 0 Å². The number of hydrogen-bond acceptors (Lipinski definition) is 3. The molecule has 0 unspecified atom stereocenters. The number of ether oxygens (including phenoxy) is 1. The Bertz CT molecular complexity index is 527. The van der Waals surface area contributed by atoms with Gasteiger partial charge >= 0.3 is 0 Å². The zero-order chi connectivity index (χ0) is 13.7. The molecule has 19 heavy (non-hydrogen) atoms. The van der Waals surface area contributed by atoms with E-state index < -0.39 is 5.41 Å². The van der Waals surface area contributed by atoms with Crippen molar-refractivity contribution >= 4 is 11.6 Å². The van der Waals surface area contributed by atoms with Crippen molar-refractivity contribution in [3.63, 3.8) is 0 Å². The summed E-state index contributed by atoms with van der Waals surface area (Å²) in [5.41, 5.74) is 2.49. The van der Waals surface area contributed by atoms with Crippen molar-refractivity contribution < 1.29 is 14.6 Å². The van der Waals surface area contributed by atoms with Gasteiger partial charge in [-0.1, -0.05) is 12.1 Å². The monoisotopic (exact) mass is 261 g/mol. The SMILES string of the molecule is CC1(C)C(=O)Nc2ccc(CC3(CO)COC3)cc21. The fourth-order valence-electron chi connectivity index (χ4n) is 2.80. The van der Waals surface area contributed by atoms with Crippen molar-refractivity contribution in [3.05, 3.63) is 29.3 Å². The Morgan fingerprint density at radius 1 is 1.37 bits per heavy atom. The summed E-state index contributed by atoms with van der Waals surface area (Å²) in [5, 5.41) is 12.4. The molecule has 0 bridgehead atoms. The normalized spacial score (nSPS) is 22.6. The maximum Gasteiger partial charge on any atom is 0.234 e. The lowest BCUT2D eigenvalue weighted by atomic mass is 9.79. The number of fused-ring (bicyclic) bond motifs is 1. The number of hydrogen-bond donors (Lipinski definition) is 2. The first kappa shape index (κ1) is 12.6. The fraction of sp³-hybridized carbons (Fsp3) is 0.533. The van der Waals surface area contributed by atoms with Crippen LogP contribution in [0.2, 0.25) is 0 Å². The second kappa shape index (κ2) is 4.05. The van der Waals surface area contributed by atoms with E-state index in [2.05, 4.69) is 11.4 Å². The molecule has 0 aliphatic carbocycles. The predicted octanol–water partition coefficient (Wildman–Crippen LogP) is 1.47. The van der Waals surface area contributed by atoms with Crippen molar-refractivity contribution in [2.24, 2.45) is 5.41 Å². The molecule has 0 atom stereocenters. The predicted molar refractivity (Wildman–Crippen MR) is 72.1 cm³/mol. The van der Waals surface area contributed by atoms with Crippen LogP contribution in [0.15, 0.2) is 18.2 Å². The Kier molecular flexibility index (Phi) is 2.69. The van der Waals surface area contributed by atoms with Crippen LogP contribution in [0.1, 0.15) is 25.0 Å². The Hall–Kier alpha value is -1.39. The summed E-state index contributed by atoms with van der Waals surface area (Å²) >= 11 is 0.